The van der Waals surface area contributed by atoms with Crippen LogP contribution in [0.15, 0.2) is 24.3 Å². The maximum absolute atomic E-state index is 12.8. The molecule has 0 aliphatic carbocycles. The van der Waals surface area contributed by atoms with Gasteiger partial charge in [0.05, 0.1) is 17.5 Å². The number of halogens is 3. The van der Waals surface area contributed by atoms with Crippen molar-refractivity contribution >= 4 is 11.9 Å². The third-order valence-corrected chi connectivity index (χ3v) is 2.52. The first-order chi connectivity index (χ1) is 9.03. The predicted molar refractivity (Wildman–Crippen MR) is 65.2 cm³/mol. The minimum Gasteiger partial charge on any atom is -0.481 e. The lowest BCUT2D eigenvalue weighted by molar-refractivity contribution is -0.139. The summed E-state index contributed by atoms with van der Waals surface area (Å²) in [7, 11) is 0. The van der Waals surface area contributed by atoms with Crippen molar-refractivity contribution in [2.75, 3.05) is 0 Å². The first-order valence-corrected chi connectivity index (χ1v) is 5.73. The average Bonchev–Trinajstić information content (AvgIpc) is 2.25. The van der Waals surface area contributed by atoms with Gasteiger partial charge in [0.15, 0.2) is 0 Å². The number of amides is 1. The Labute approximate surface area is 113 Å². The molecule has 0 radical (unpaired) electrons. The van der Waals surface area contributed by atoms with E-state index in [1.54, 1.807) is 0 Å². The van der Waals surface area contributed by atoms with Gasteiger partial charge in [-0.2, -0.15) is 13.2 Å². The van der Waals surface area contributed by atoms with Gasteiger partial charge in [0.25, 0.3) is 5.91 Å². The summed E-state index contributed by atoms with van der Waals surface area (Å²) in [6, 6.07) is 4.35. The van der Waals surface area contributed by atoms with Crippen LogP contribution in [0.3, 0.4) is 0 Å². The van der Waals surface area contributed by atoms with Crippen LogP contribution in [-0.4, -0.2) is 22.5 Å². The number of carbonyl (C=O) groups is 2. The lowest BCUT2D eigenvalue weighted by Gasteiger charge is -2.25. The van der Waals surface area contributed by atoms with Crippen molar-refractivity contribution in [2.24, 2.45) is 0 Å². The molecule has 20 heavy (non-hydrogen) atoms. The van der Waals surface area contributed by atoms with E-state index in [2.05, 4.69) is 5.32 Å². The molecule has 4 nitrogen and oxygen atoms in total. The summed E-state index contributed by atoms with van der Waals surface area (Å²) in [6.45, 7) is 2.85. The van der Waals surface area contributed by atoms with Gasteiger partial charge < -0.3 is 10.4 Å². The quantitative estimate of drug-likeness (QED) is 0.895. The highest BCUT2D eigenvalue weighted by molar-refractivity contribution is 5.96. The van der Waals surface area contributed by atoms with Crippen molar-refractivity contribution in [1.29, 1.82) is 0 Å². The van der Waals surface area contributed by atoms with Crippen LogP contribution in [0.2, 0.25) is 0 Å². The van der Waals surface area contributed by atoms with E-state index in [0.717, 1.165) is 12.1 Å². The van der Waals surface area contributed by atoms with Gasteiger partial charge in [-0.15, -0.1) is 0 Å². The number of aliphatic carboxylic acids is 1. The van der Waals surface area contributed by atoms with Gasteiger partial charge in [0, 0.05) is 5.54 Å². The Morgan fingerprint density at radius 1 is 1.20 bits per heavy atom. The third-order valence-electron chi connectivity index (χ3n) is 2.52. The van der Waals surface area contributed by atoms with Gasteiger partial charge in [-0.3, -0.25) is 9.59 Å². The summed E-state index contributed by atoms with van der Waals surface area (Å²) in [4.78, 5) is 22.5. The summed E-state index contributed by atoms with van der Waals surface area (Å²) >= 11 is 0. The number of carboxylic acids is 1. The first kappa shape index (κ1) is 16.0. The molecule has 1 aromatic rings. The van der Waals surface area contributed by atoms with Crippen LogP contribution < -0.4 is 5.32 Å². The SMILES string of the molecule is CC(C)(CC(=O)O)NC(=O)c1ccccc1C(F)(F)F. The second kappa shape index (κ2) is 5.52. The molecule has 0 heterocycles. The minimum absolute atomic E-state index is 0.396. The third kappa shape index (κ3) is 4.25. The van der Waals surface area contributed by atoms with E-state index in [1.807, 2.05) is 0 Å². The number of alkyl halides is 3. The van der Waals surface area contributed by atoms with Crippen LogP contribution in [0.5, 0.6) is 0 Å². The van der Waals surface area contributed by atoms with E-state index in [0.29, 0.717) is 0 Å². The Hall–Kier alpha value is -2.05. The Kier molecular flexibility index (Phi) is 4.42. The Morgan fingerprint density at radius 3 is 2.25 bits per heavy atom. The number of carbonyl (C=O) groups excluding carboxylic acids is 1. The number of hydrogen-bond donors (Lipinski definition) is 2. The predicted octanol–water partition coefficient (Wildman–Crippen LogP) is 2.69. The fourth-order valence-corrected chi connectivity index (χ4v) is 1.73. The van der Waals surface area contributed by atoms with Crippen molar-refractivity contribution in [3.63, 3.8) is 0 Å². The Bertz CT molecular complexity index is 524. The summed E-state index contributed by atoms with van der Waals surface area (Å²) in [6.07, 6.45) is -5.04. The number of carboxylic acid groups (broad SMARTS) is 1. The molecule has 0 atom stereocenters. The van der Waals surface area contributed by atoms with Gasteiger partial charge in [-0.25, -0.2) is 0 Å². The van der Waals surface area contributed by atoms with Gasteiger partial charge >= 0.3 is 12.1 Å². The molecular weight excluding hydrogens is 275 g/mol. The lowest BCUT2D eigenvalue weighted by atomic mass is 9.99. The molecule has 0 spiro atoms. The molecule has 0 unspecified atom stereocenters. The highest BCUT2D eigenvalue weighted by atomic mass is 19.4. The standard InChI is InChI=1S/C13H14F3NO3/c1-12(2,7-10(18)19)17-11(20)8-5-3-4-6-9(8)13(14,15)16/h3-6H,7H2,1-2H3,(H,17,20)(H,18,19). The molecule has 0 fully saturated rings. The molecular formula is C13H14F3NO3. The Morgan fingerprint density at radius 2 is 1.75 bits per heavy atom. The number of benzene rings is 1. The van der Waals surface area contributed by atoms with Crippen LogP contribution in [0.1, 0.15) is 36.2 Å². The molecule has 0 aliphatic rings. The maximum Gasteiger partial charge on any atom is 0.417 e. The number of rotatable bonds is 4. The van der Waals surface area contributed by atoms with Crippen molar-refractivity contribution < 1.29 is 27.9 Å². The Balaban J connectivity index is 3.02. The van der Waals surface area contributed by atoms with Gasteiger partial charge in [-0.05, 0) is 26.0 Å². The molecule has 1 rings (SSSR count). The van der Waals surface area contributed by atoms with Crippen LogP contribution in [0, 0.1) is 0 Å². The molecule has 1 aromatic carbocycles. The molecule has 0 saturated heterocycles. The van der Waals surface area contributed by atoms with Gasteiger partial charge in [0.2, 0.25) is 0 Å². The topological polar surface area (TPSA) is 66.4 Å². The second-order valence-electron chi connectivity index (χ2n) is 4.95. The molecule has 0 aliphatic heterocycles. The summed E-state index contributed by atoms with van der Waals surface area (Å²) in [5, 5.41) is 11.0. The molecule has 0 saturated carbocycles. The second-order valence-corrected chi connectivity index (χ2v) is 4.95. The smallest absolute Gasteiger partial charge is 0.417 e. The van der Waals surface area contributed by atoms with Gasteiger partial charge in [0.1, 0.15) is 0 Å². The zero-order chi connectivity index (χ0) is 15.6. The lowest BCUT2D eigenvalue weighted by Crippen LogP contribution is -2.45. The van der Waals surface area contributed by atoms with E-state index < -0.39 is 41.1 Å². The molecule has 1 amide bonds. The summed E-state index contributed by atoms with van der Waals surface area (Å²) in [5.74, 6) is -2.11. The van der Waals surface area contributed by atoms with Gasteiger partial charge in [-0.1, -0.05) is 12.1 Å². The normalized spacial score (nSPS) is 12.1. The number of nitrogens with one attached hydrogen (secondary N) is 1. The molecule has 0 bridgehead atoms. The summed E-state index contributed by atoms with van der Waals surface area (Å²) < 4.78 is 38.3. The highest BCUT2D eigenvalue weighted by Gasteiger charge is 2.36. The van der Waals surface area contributed by atoms with Crippen LogP contribution in [-0.2, 0) is 11.0 Å². The minimum atomic E-state index is -4.65. The van der Waals surface area contributed by atoms with Crippen LogP contribution >= 0.6 is 0 Å². The first-order valence-electron chi connectivity index (χ1n) is 5.73. The summed E-state index contributed by atoms with van der Waals surface area (Å²) in [5.41, 5.74) is -2.73. The van der Waals surface area contributed by atoms with Crippen molar-refractivity contribution in [3.8, 4) is 0 Å². The van der Waals surface area contributed by atoms with Crippen molar-refractivity contribution in [1.82, 2.24) is 5.32 Å². The average molecular weight is 289 g/mol. The monoisotopic (exact) mass is 289 g/mol. The zero-order valence-electron chi connectivity index (χ0n) is 10.9. The van der Waals surface area contributed by atoms with Crippen LogP contribution in [0.25, 0.3) is 0 Å². The molecule has 2 N–H and O–H groups in total. The van der Waals surface area contributed by atoms with E-state index in [1.165, 1.54) is 26.0 Å². The molecule has 110 valence electrons. The van der Waals surface area contributed by atoms with E-state index in [-0.39, 0.29) is 0 Å². The maximum atomic E-state index is 12.8. The fourth-order valence-electron chi connectivity index (χ4n) is 1.73. The van der Waals surface area contributed by atoms with Crippen molar-refractivity contribution in [2.45, 2.75) is 32.0 Å². The van der Waals surface area contributed by atoms with Crippen LogP contribution in [0.4, 0.5) is 13.2 Å². The molecule has 0 aromatic heterocycles. The van der Waals surface area contributed by atoms with Crippen molar-refractivity contribution in [3.05, 3.63) is 35.4 Å². The highest BCUT2D eigenvalue weighted by Crippen LogP contribution is 2.32. The largest absolute Gasteiger partial charge is 0.481 e. The van der Waals surface area contributed by atoms with E-state index >= 15 is 0 Å². The zero-order valence-corrected chi connectivity index (χ0v) is 10.9. The fraction of sp³-hybridized carbons (Fsp3) is 0.385. The van der Waals surface area contributed by atoms with E-state index in [4.69, 9.17) is 5.11 Å². The molecule has 7 heteroatoms. The van der Waals surface area contributed by atoms with E-state index in [9.17, 15) is 22.8 Å². The number of hydrogen-bond acceptors (Lipinski definition) is 2.